The van der Waals surface area contributed by atoms with Gasteiger partial charge >= 0.3 is 0 Å². The van der Waals surface area contributed by atoms with E-state index >= 15 is 0 Å². The highest BCUT2D eigenvalue weighted by molar-refractivity contribution is 7.19. The van der Waals surface area contributed by atoms with Gasteiger partial charge < -0.3 is 9.73 Å². The second-order valence-corrected chi connectivity index (χ2v) is 7.77. The van der Waals surface area contributed by atoms with Gasteiger partial charge in [-0.05, 0) is 43.7 Å². The summed E-state index contributed by atoms with van der Waals surface area (Å²) < 4.78 is 7.19. The zero-order valence-corrected chi connectivity index (χ0v) is 16.6. The summed E-state index contributed by atoms with van der Waals surface area (Å²) in [7, 11) is 0. The van der Waals surface area contributed by atoms with Gasteiger partial charge in [-0.25, -0.2) is 9.67 Å². The van der Waals surface area contributed by atoms with E-state index in [2.05, 4.69) is 15.4 Å². The van der Waals surface area contributed by atoms with Crippen LogP contribution in [0.5, 0.6) is 0 Å². The summed E-state index contributed by atoms with van der Waals surface area (Å²) in [6.07, 6.45) is 1.53. The first-order chi connectivity index (χ1) is 13.4. The van der Waals surface area contributed by atoms with Crippen LogP contribution in [0.3, 0.4) is 0 Å². The number of nitrogens with zero attached hydrogens (tertiary/aromatic N) is 3. The number of benzene rings is 1. The van der Waals surface area contributed by atoms with E-state index < -0.39 is 11.5 Å². The highest BCUT2D eigenvalue weighted by Crippen LogP contribution is 2.29. The van der Waals surface area contributed by atoms with Crippen molar-refractivity contribution in [2.45, 2.75) is 20.4 Å². The van der Waals surface area contributed by atoms with Gasteiger partial charge in [-0.2, -0.15) is 5.10 Å². The number of aryl methyl sites for hydroxylation is 1. The number of hydrogen-bond acceptors (Lipinski definition) is 6. The van der Waals surface area contributed by atoms with Crippen LogP contribution in [0.2, 0.25) is 5.02 Å². The Morgan fingerprint density at radius 1 is 1.29 bits per heavy atom. The van der Waals surface area contributed by atoms with E-state index in [0.717, 1.165) is 15.3 Å². The number of thiazole rings is 1. The maximum absolute atomic E-state index is 12.8. The van der Waals surface area contributed by atoms with Gasteiger partial charge in [0.25, 0.3) is 5.56 Å². The molecule has 0 saturated carbocycles. The summed E-state index contributed by atoms with van der Waals surface area (Å²) >= 11 is 7.45. The molecule has 3 heterocycles. The van der Waals surface area contributed by atoms with E-state index in [4.69, 9.17) is 16.0 Å². The standard InChI is InChI=1S/C19H15ClN4O3S/c1-10-12(20)5-3-6-13(10)22-15(25)9-24-19(26)17-18(28-11(2)21-17)16(23-24)14-7-4-8-27-14/h3-8H,9H2,1-2H3,(H,22,25). The first kappa shape index (κ1) is 18.4. The summed E-state index contributed by atoms with van der Waals surface area (Å²) in [5.74, 6) is 0.116. The van der Waals surface area contributed by atoms with E-state index in [1.54, 1.807) is 30.3 Å². The lowest BCUT2D eigenvalue weighted by Crippen LogP contribution is -2.30. The third-order valence-electron chi connectivity index (χ3n) is 4.20. The molecule has 1 N–H and O–H groups in total. The van der Waals surface area contributed by atoms with Gasteiger partial charge in [-0.15, -0.1) is 11.3 Å². The van der Waals surface area contributed by atoms with Gasteiger partial charge in [0.2, 0.25) is 5.91 Å². The first-order valence-electron chi connectivity index (χ1n) is 8.41. The SMILES string of the molecule is Cc1nc2c(=O)n(CC(=O)Nc3cccc(Cl)c3C)nc(-c3ccco3)c2s1. The van der Waals surface area contributed by atoms with Crippen LogP contribution in [0.4, 0.5) is 5.69 Å². The van der Waals surface area contributed by atoms with E-state index in [1.165, 1.54) is 17.6 Å². The molecule has 0 spiro atoms. The molecule has 7 nitrogen and oxygen atoms in total. The predicted octanol–water partition coefficient (Wildman–Crippen LogP) is 4.02. The Morgan fingerprint density at radius 2 is 2.11 bits per heavy atom. The van der Waals surface area contributed by atoms with Crippen LogP contribution >= 0.6 is 22.9 Å². The van der Waals surface area contributed by atoms with Crippen LogP contribution in [0.1, 0.15) is 10.6 Å². The Morgan fingerprint density at radius 3 is 2.86 bits per heavy atom. The highest BCUT2D eigenvalue weighted by atomic mass is 35.5. The predicted molar refractivity (Wildman–Crippen MR) is 109 cm³/mol. The molecule has 0 aliphatic rings. The van der Waals surface area contributed by atoms with Gasteiger partial charge in [0.1, 0.15) is 12.2 Å². The number of amides is 1. The van der Waals surface area contributed by atoms with Crippen LogP contribution in [-0.2, 0) is 11.3 Å². The number of aromatic nitrogens is 3. The Balaban J connectivity index is 1.72. The van der Waals surface area contributed by atoms with Crippen LogP contribution in [-0.4, -0.2) is 20.7 Å². The fourth-order valence-corrected chi connectivity index (χ4v) is 3.89. The molecule has 1 aromatic carbocycles. The largest absolute Gasteiger partial charge is 0.463 e. The van der Waals surface area contributed by atoms with Crippen molar-refractivity contribution in [1.29, 1.82) is 0 Å². The zero-order valence-electron chi connectivity index (χ0n) is 15.0. The average molecular weight is 415 g/mol. The smallest absolute Gasteiger partial charge is 0.294 e. The second-order valence-electron chi connectivity index (χ2n) is 6.16. The van der Waals surface area contributed by atoms with E-state index in [9.17, 15) is 9.59 Å². The van der Waals surface area contributed by atoms with Gasteiger partial charge in [0.05, 0.1) is 16.0 Å². The molecule has 9 heteroatoms. The molecule has 0 radical (unpaired) electrons. The lowest BCUT2D eigenvalue weighted by Gasteiger charge is -2.11. The number of fused-ring (bicyclic) bond motifs is 1. The lowest BCUT2D eigenvalue weighted by molar-refractivity contribution is -0.117. The average Bonchev–Trinajstić information content (AvgIpc) is 3.31. The molecular weight excluding hydrogens is 400 g/mol. The Bertz CT molecular complexity index is 1240. The van der Waals surface area contributed by atoms with Crippen molar-refractivity contribution >= 4 is 44.7 Å². The molecule has 28 heavy (non-hydrogen) atoms. The first-order valence-corrected chi connectivity index (χ1v) is 9.60. The van der Waals surface area contributed by atoms with Crippen molar-refractivity contribution < 1.29 is 9.21 Å². The molecule has 0 unspecified atom stereocenters. The second kappa shape index (κ2) is 7.21. The van der Waals surface area contributed by atoms with Crippen molar-refractivity contribution in [3.63, 3.8) is 0 Å². The van der Waals surface area contributed by atoms with E-state index in [0.29, 0.717) is 26.9 Å². The fourth-order valence-electron chi connectivity index (χ4n) is 2.82. The van der Waals surface area contributed by atoms with Crippen molar-refractivity contribution in [2.75, 3.05) is 5.32 Å². The van der Waals surface area contributed by atoms with Crippen LogP contribution in [0.15, 0.2) is 45.8 Å². The van der Waals surface area contributed by atoms with Crippen molar-refractivity contribution in [3.8, 4) is 11.5 Å². The molecule has 0 aliphatic carbocycles. The number of rotatable bonds is 4. The lowest BCUT2D eigenvalue weighted by atomic mass is 10.2. The maximum atomic E-state index is 12.8. The number of hydrogen-bond donors (Lipinski definition) is 1. The normalized spacial score (nSPS) is 11.1. The van der Waals surface area contributed by atoms with Gasteiger partial charge in [-0.1, -0.05) is 17.7 Å². The number of halogens is 1. The fraction of sp³-hybridized carbons (Fsp3) is 0.158. The molecule has 0 saturated heterocycles. The highest BCUT2D eigenvalue weighted by Gasteiger charge is 2.19. The van der Waals surface area contributed by atoms with Gasteiger partial charge in [-0.3, -0.25) is 9.59 Å². The summed E-state index contributed by atoms with van der Waals surface area (Å²) in [4.78, 5) is 29.6. The molecule has 0 atom stereocenters. The summed E-state index contributed by atoms with van der Waals surface area (Å²) in [5.41, 5.74) is 1.67. The van der Waals surface area contributed by atoms with Crippen LogP contribution in [0.25, 0.3) is 21.7 Å². The summed E-state index contributed by atoms with van der Waals surface area (Å²) in [5, 5.41) is 8.43. The molecule has 4 rings (SSSR count). The zero-order chi connectivity index (χ0) is 19.8. The molecule has 3 aromatic heterocycles. The number of carbonyl (C=O) groups is 1. The van der Waals surface area contributed by atoms with Crippen molar-refractivity contribution in [2.24, 2.45) is 0 Å². The topological polar surface area (TPSA) is 90.0 Å². The monoisotopic (exact) mass is 414 g/mol. The molecule has 4 aromatic rings. The van der Waals surface area contributed by atoms with Crippen molar-refractivity contribution in [1.82, 2.24) is 14.8 Å². The summed E-state index contributed by atoms with van der Waals surface area (Å²) in [6.45, 7) is 3.36. The van der Waals surface area contributed by atoms with E-state index in [-0.39, 0.29) is 12.1 Å². The molecule has 1 amide bonds. The molecule has 0 bridgehead atoms. The Labute approximate surface area is 168 Å². The van der Waals surface area contributed by atoms with Crippen LogP contribution < -0.4 is 10.9 Å². The van der Waals surface area contributed by atoms with Gasteiger partial charge in [0, 0.05) is 10.7 Å². The minimum Gasteiger partial charge on any atom is -0.463 e. The third kappa shape index (κ3) is 3.32. The molecule has 0 aliphatic heterocycles. The van der Waals surface area contributed by atoms with Crippen molar-refractivity contribution in [3.05, 3.63) is 62.5 Å². The maximum Gasteiger partial charge on any atom is 0.294 e. The Hall–Kier alpha value is -2.97. The molecule has 142 valence electrons. The number of nitrogens with one attached hydrogen (secondary N) is 1. The number of furan rings is 1. The Kier molecular flexibility index (Phi) is 4.74. The minimum atomic E-state index is -0.423. The minimum absolute atomic E-state index is 0.259. The molecule has 0 fully saturated rings. The van der Waals surface area contributed by atoms with E-state index in [1.807, 2.05) is 13.8 Å². The van der Waals surface area contributed by atoms with Gasteiger partial charge in [0.15, 0.2) is 11.3 Å². The number of anilines is 1. The number of carbonyl (C=O) groups excluding carboxylic acids is 1. The quantitative estimate of drug-likeness (QED) is 0.544. The third-order valence-corrected chi connectivity index (χ3v) is 5.58. The summed E-state index contributed by atoms with van der Waals surface area (Å²) in [6, 6.07) is 8.72. The van der Waals surface area contributed by atoms with Crippen LogP contribution in [0, 0.1) is 13.8 Å². The molecular formula is C19H15ClN4O3S.